The van der Waals surface area contributed by atoms with E-state index in [1.165, 1.54) is 4.90 Å². The van der Waals surface area contributed by atoms with Gasteiger partial charge in [0.2, 0.25) is 0 Å². The van der Waals surface area contributed by atoms with Gasteiger partial charge in [0.25, 0.3) is 0 Å². The number of halogens is 1. The third-order valence-electron chi connectivity index (χ3n) is 4.69. The number of urea groups is 1. The SMILES string of the molecule is CCN1CCC(NC(=O)N[C@@H]2CCSc3ccc(Cl)cc32)CC1. The molecule has 1 atom stereocenters. The zero-order chi connectivity index (χ0) is 16.2. The second-order valence-electron chi connectivity index (χ2n) is 6.20. The van der Waals surface area contributed by atoms with Gasteiger partial charge >= 0.3 is 6.03 Å². The van der Waals surface area contributed by atoms with E-state index in [4.69, 9.17) is 11.6 Å². The molecule has 126 valence electrons. The topological polar surface area (TPSA) is 44.4 Å². The number of nitrogens with zero attached hydrogens (tertiary/aromatic N) is 1. The number of nitrogens with one attached hydrogen (secondary N) is 2. The van der Waals surface area contributed by atoms with Gasteiger partial charge in [-0.25, -0.2) is 4.79 Å². The number of hydrogen-bond donors (Lipinski definition) is 2. The van der Waals surface area contributed by atoms with Gasteiger partial charge in [0.1, 0.15) is 0 Å². The van der Waals surface area contributed by atoms with Crippen LogP contribution in [0.5, 0.6) is 0 Å². The molecule has 6 heteroatoms. The highest BCUT2D eigenvalue weighted by molar-refractivity contribution is 7.99. The van der Waals surface area contributed by atoms with E-state index < -0.39 is 0 Å². The molecule has 0 spiro atoms. The van der Waals surface area contributed by atoms with Crippen molar-refractivity contribution in [3.05, 3.63) is 28.8 Å². The van der Waals surface area contributed by atoms with Gasteiger partial charge in [-0.15, -0.1) is 11.8 Å². The Morgan fingerprint density at radius 3 is 2.83 bits per heavy atom. The number of hydrogen-bond acceptors (Lipinski definition) is 3. The molecule has 0 unspecified atom stereocenters. The number of benzene rings is 1. The Balaban J connectivity index is 1.56. The smallest absolute Gasteiger partial charge is 0.315 e. The van der Waals surface area contributed by atoms with E-state index in [2.05, 4.69) is 28.5 Å². The van der Waals surface area contributed by atoms with Crippen LogP contribution in [0.1, 0.15) is 37.8 Å². The van der Waals surface area contributed by atoms with Crippen LogP contribution in [-0.2, 0) is 0 Å². The van der Waals surface area contributed by atoms with Crippen molar-refractivity contribution < 1.29 is 4.79 Å². The average molecular weight is 354 g/mol. The number of rotatable bonds is 3. The minimum Gasteiger partial charge on any atom is -0.335 e. The maximum Gasteiger partial charge on any atom is 0.315 e. The zero-order valence-electron chi connectivity index (χ0n) is 13.5. The number of fused-ring (bicyclic) bond motifs is 1. The number of thioether (sulfide) groups is 1. The van der Waals surface area contributed by atoms with E-state index in [-0.39, 0.29) is 18.1 Å². The van der Waals surface area contributed by atoms with E-state index in [1.54, 1.807) is 0 Å². The van der Waals surface area contributed by atoms with E-state index in [1.807, 2.05) is 23.9 Å². The van der Waals surface area contributed by atoms with E-state index in [0.29, 0.717) is 0 Å². The number of carbonyl (C=O) groups excluding carboxylic acids is 1. The lowest BCUT2D eigenvalue weighted by atomic mass is 10.0. The van der Waals surface area contributed by atoms with E-state index in [0.717, 1.165) is 55.2 Å². The summed E-state index contributed by atoms with van der Waals surface area (Å²) in [5.74, 6) is 1.02. The third kappa shape index (κ3) is 4.34. The van der Waals surface area contributed by atoms with Crippen molar-refractivity contribution in [1.29, 1.82) is 0 Å². The highest BCUT2D eigenvalue weighted by Gasteiger charge is 2.24. The number of likely N-dealkylation sites (tertiary alicyclic amines) is 1. The lowest BCUT2D eigenvalue weighted by molar-refractivity contribution is 0.197. The molecule has 0 bridgehead atoms. The Morgan fingerprint density at radius 2 is 2.09 bits per heavy atom. The van der Waals surface area contributed by atoms with Crippen LogP contribution < -0.4 is 10.6 Å². The standard InChI is InChI=1S/C17H24ClN3OS/c1-2-21-8-5-13(6-9-21)19-17(22)20-15-7-10-23-16-4-3-12(18)11-14(15)16/h3-4,11,13,15H,2,5-10H2,1H3,(H2,19,20,22)/t15-/m1/s1. The van der Waals surface area contributed by atoms with Gasteiger partial charge in [-0.3, -0.25) is 0 Å². The molecule has 2 aliphatic rings. The van der Waals surface area contributed by atoms with Gasteiger partial charge in [-0.1, -0.05) is 18.5 Å². The number of amides is 2. The van der Waals surface area contributed by atoms with Crippen LogP contribution in [0.15, 0.2) is 23.1 Å². The summed E-state index contributed by atoms with van der Waals surface area (Å²) in [5.41, 5.74) is 1.14. The van der Waals surface area contributed by atoms with Gasteiger partial charge in [0.15, 0.2) is 0 Å². The molecule has 2 amide bonds. The first-order chi connectivity index (χ1) is 11.2. The van der Waals surface area contributed by atoms with Crippen LogP contribution in [0.3, 0.4) is 0 Å². The maximum absolute atomic E-state index is 12.3. The van der Waals surface area contributed by atoms with Crippen molar-refractivity contribution in [2.45, 2.75) is 43.2 Å². The van der Waals surface area contributed by atoms with Crippen LogP contribution >= 0.6 is 23.4 Å². The van der Waals surface area contributed by atoms with Crippen LogP contribution in [0.2, 0.25) is 5.02 Å². The van der Waals surface area contributed by atoms with Gasteiger partial charge in [-0.2, -0.15) is 0 Å². The monoisotopic (exact) mass is 353 g/mol. The predicted octanol–water partition coefficient (Wildman–Crippen LogP) is 3.66. The van der Waals surface area contributed by atoms with Crippen molar-refractivity contribution in [3.8, 4) is 0 Å². The fourth-order valence-corrected chi connectivity index (χ4v) is 4.58. The number of piperidine rings is 1. The lowest BCUT2D eigenvalue weighted by Gasteiger charge is -2.32. The van der Waals surface area contributed by atoms with Crippen LogP contribution in [0.4, 0.5) is 4.79 Å². The third-order valence-corrected chi connectivity index (χ3v) is 6.04. The van der Waals surface area contributed by atoms with Crippen molar-refractivity contribution >= 4 is 29.4 Å². The van der Waals surface area contributed by atoms with Crippen LogP contribution in [0, 0.1) is 0 Å². The molecule has 2 heterocycles. The van der Waals surface area contributed by atoms with Crippen molar-refractivity contribution in [2.75, 3.05) is 25.4 Å². The molecule has 0 aromatic heterocycles. The van der Waals surface area contributed by atoms with E-state index >= 15 is 0 Å². The molecule has 23 heavy (non-hydrogen) atoms. The summed E-state index contributed by atoms with van der Waals surface area (Å²) in [6, 6.07) is 6.23. The second-order valence-corrected chi connectivity index (χ2v) is 7.77. The summed E-state index contributed by atoms with van der Waals surface area (Å²) in [4.78, 5) is 16.0. The molecular weight excluding hydrogens is 330 g/mol. The van der Waals surface area contributed by atoms with Gasteiger partial charge in [0.05, 0.1) is 6.04 Å². The Hall–Kier alpha value is -0.910. The first kappa shape index (κ1) is 16.9. The maximum atomic E-state index is 12.3. The summed E-state index contributed by atoms with van der Waals surface area (Å²) in [5, 5.41) is 7.01. The van der Waals surface area contributed by atoms with Crippen molar-refractivity contribution in [2.24, 2.45) is 0 Å². The normalized spacial score (nSPS) is 22.4. The summed E-state index contributed by atoms with van der Waals surface area (Å²) >= 11 is 7.95. The van der Waals surface area contributed by atoms with E-state index in [9.17, 15) is 4.79 Å². The zero-order valence-corrected chi connectivity index (χ0v) is 15.1. The minimum atomic E-state index is -0.0530. The lowest BCUT2D eigenvalue weighted by Crippen LogP contribution is -2.48. The molecule has 1 aromatic carbocycles. The van der Waals surface area contributed by atoms with Crippen LogP contribution in [-0.4, -0.2) is 42.4 Å². The fraction of sp³-hybridized carbons (Fsp3) is 0.588. The Morgan fingerprint density at radius 1 is 1.30 bits per heavy atom. The quantitative estimate of drug-likeness (QED) is 0.871. The van der Waals surface area contributed by atoms with Crippen molar-refractivity contribution in [3.63, 3.8) is 0 Å². The summed E-state index contributed by atoms with van der Waals surface area (Å²) in [6.45, 7) is 5.42. The minimum absolute atomic E-state index is 0.0530. The van der Waals surface area contributed by atoms with Crippen LogP contribution in [0.25, 0.3) is 0 Å². The molecule has 0 saturated carbocycles. The second kappa shape index (κ2) is 7.77. The average Bonchev–Trinajstić information content (AvgIpc) is 2.56. The number of carbonyl (C=O) groups is 1. The highest BCUT2D eigenvalue weighted by atomic mass is 35.5. The van der Waals surface area contributed by atoms with Gasteiger partial charge < -0.3 is 15.5 Å². The summed E-state index contributed by atoms with van der Waals surface area (Å²) in [6.07, 6.45) is 3.01. The Labute approximate surface area is 147 Å². The molecule has 0 aliphatic carbocycles. The largest absolute Gasteiger partial charge is 0.335 e. The summed E-state index contributed by atoms with van der Waals surface area (Å²) in [7, 11) is 0. The van der Waals surface area contributed by atoms with Gasteiger partial charge in [0, 0.05) is 34.8 Å². The molecule has 2 aliphatic heterocycles. The summed E-state index contributed by atoms with van der Waals surface area (Å²) < 4.78 is 0. The molecule has 2 N–H and O–H groups in total. The van der Waals surface area contributed by atoms with Gasteiger partial charge in [-0.05, 0) is 49.6 Å². The first-order valence-corrected chi connectivity index (χ1v) is 9.73. The molecular formula is C17H24ClN3OS. The molecule has 0 radical (unpaired) electrons. The predicted molar refractivity (Wildman–Crippen MR) is 96.3 cm³/mol. The molecule has 1 fully saturated rings. The molecule has 3 rings (SSSR count). The first-order valence-electron chi connectivity index (χ1n) is 8.37. The van der Waals surface area contributed by atoms with Crippen molar-refractivity contribution in [1.82, 2.24) is 15.5 Å². The highest BCUT2D eigenvalue weighted by Crippen LogP contribution is 2.37. The Bertz CT molecular complexity index is 561. The molecule has 1 saturated heterocycles. The fourth-order valence-electron chi connectivity index (χ4n) is 3.29. The molecule has 4 nitrogen and oxygen atoms in total. The molecule has 1 aromatic rings. The Kier molecular flexibility index (Phi) is 5.72.